The Hall–Kier alpha value is -1.07. The molecule has 14 heavy (non-hydrogen) atoms. The van der Waals surface area contributed by atoms with Gasteiger partial charge in [0, 0.05) is 16.0 Å². The van der Waals surface area contributed by atoms with Gasteiger partial charge in [0.2, 0.25) is 0 Å². The van der Waals surface area contributed by atoms with Crippen molar-refractivity contribution < 1.29 is 0 Å². The van der Waals surface area contributed by atoms with Gasteiger partial charge >= 0.3 is 0 Å². The number of nitrogens with zero attached hydrogens (tertiary/aromatic N) is 1. The van der Waals surface area contributed by atoms with Crippen LogP contribution >= 0.6 is 9.39 Å². The summed E-state index contributed by atoms with van der Waals surface area (Å²) in [5, 5.41) is 3.90. The molecule has 72 valence electrons. The van der Waals surface area contributed by atoms with E-state index in [0.29, 0.717) is 0 Å². The van der Waals surface area contributed by atoms with E-state index in [0.717, 1.165) is 0 Å². The first-order valence-corrected chi connectivity index (χ1v) is 5.28. The molecule has 0 spiro atoms. The number of para-hydroxylation sites is 1. The quantitative estimate of drug-likeness (QED) is 0.576. The van der Waals surface area contributed by atoms with Gasteiger partial charge in [-0.3, -0.25) is 0 Å². The van der Waals surface area contributed by atoms with Crippen LogP contribution in [0.1, 0.15) is 13.8 Å². The molecule has 0 amide bonds. The topological polar surface area (TPSA) is 4.93 Å². The summed E-state index contributed by atoms with van der Waals surface area (Å²) in [6.07, 6.45) is 4.31. The van der Waals surface area contributed by atoms with Crippen LogP contribution in [0, 0.1) is 0 Å². The van der Waals surface area contributed by atoms with E-state index in [1.807, 2.05) is 0 Å². The minimum Gasteiger partial charge on any atom is -0.325 e. The number of aromatic nitrogens is 1. The minimum absolute atomic E-state index is 1.26. The van der Waals surface area contributed by atoms with Crippen LogP contribution in [0.2, 0.25) is 0 Å². The first-order valence-electron chi connectivity index (χ1n) is 4.76. The molecular formula is C12H14NP. The van der Waals surface area contributed by atoms with Gasteiger partial charge in [-0.15, -0.1) is 0 Å². The molecule has 0 fully saturated rings. The summed E-state index contributed by atoms with van der Waals surface area (Å²) < 4.78 is 2.16. The predicted octanol–water partition coefficient (Wildman–Crippen LogP) is 1.88. The Labute approximate surface area is 86.0 Å². The van der Waals surface area contributed by atoms with Crippen LogP contribution in [0.3, 0.4) is 0 Å². The molecule has 0 radical (unpaired) electrons. The summed E-state index contributed by atoms with van der Waals surface area (Å²) in [6.45, 7) is 4.15. The fourth-order valence-corrected chi connectivity index (χ4v) is 2.42. The van der Waals surface area contributed by atoms with Gasteiger partial charge < -0.3 is 4.34 Å². The molecule has 2 rings (SSSR count). The first-order chi connectivity index (χ1) is 6.79. The van der Waals surface area contributed by atoms with Gasteiger partial charge in [-0.05, 0) is 29.3 Å². The summed E-state index contributed by atoms with van der Waals surface area (Å²) in [4.78, 5) is 0. The van der Waals surface area contributed by atoms with Gasteiger partial charge in [0.25, 0.3) is 0 Å². The third kappa shape index (κ3) is 1.20. The van der Waals surface area contributed by atoms with E-state index < -0.39 is 0 Å². The number of fused-ring (bicyclic) bond motifs is 1. The van der Waals surface area contributed by atoms with E-state index in [1.165, 1.54) is 21.5 Å². The highest BCUT2D eigenvalue weighted by atomic mass is 31.0. The van der Waals surface area contributed by atoms with Crippen molar-refractivity contribution in [1.82, 2.24) is 4.34 Å². The highest BCUT2D eigenvalue weighted by Crippen LogP contribution is 2.09. The fourth-order valence-electron chi connectivity index (χ4n) is 1.91. The van der Waals surface area contributed by atoms with Gasteiger partial charge in [0.1, 0.15) is 0 Å². The monoisotopic (exact) mass is 203 g/mol. The van der Waals surface area contributed by atoms with E-state index in [-0.39, 0.29) is 0 Å². The standard InChI is InChI=1S/C12H14NP/c1-3-9-10-7-5-6-8-12(10)13(14)11(9)4-2/h3-8H,14H2,1-2H3/b9-3-,11-4+. The Bertz CT molecular complexity index is 578. The lowest BCUT2D eigenvalue weighted by Crippen LogP contribution is -2.24. The third-order valence-corrected chi connectivity index (χ3v) is 3.11. The summed E-state index contributed by atoms with van der Waals surface area (Å²) in [6, 6.07) is 8.46. The lowest BCUT2D eigenvalue weighted by Gasteiger charge is -1.93. The molecule has 1 nitrogen and oxygen atoms in total. The van der Waals surface area contributed by atoms with Crippen molar-refractivity contribution in [2.24, 2.45) is 0 Å². The second kappa shape index (κ2) is 3.59. The molecule has 2 aromatic rings. The van der Waals surface area contributed by atoms with E-state index >= 15 is 0 Å². The lowest BCUT2D eigenvalue weighted by atomic mass is 10.2. The molecule has 1 heterocycles. The highest BCUT2D eigenvalue weighted by Gasteiger charge is 2.01. The fraction of sp³-hybridized carbons (Fsp3) is 0.167. The summed E-state index contributed by atoms with van der Waals surface area (Å²) >= 11 is 0. The molecule has 0 aliphatic carbocycles. The molecule has 0 saturated heterocycles. The molecule has 0 bridgehead atoms. The zero-order valence-electron chi connectivity index (χ0n) is 8.49. The summed E-state index contributed by atoms with van der Waals surface area (Å²) in [5.74, 6) is 0. The van der Waals surface area contributed by atoms with Crippen LogP contribution in [0.15, 0.2) is 24.3 Å². The second-order valence-corrected chi connectivity index (χ2v) is 3.78. The smallest absolute Gasteiger partial charge is 0.0520 e. The molecule has 1 unspecified atom stereocenters. The Kier molecular flexibility index (Phi) is 2.43. The SMILES string of the molecule is C/C=c1\c(=C/C)n(P)c2ccccc12. The average molecular weight is 203 g/mol. The van der Waals surface area contributed by atoms with Gasteiger partial charge in [0.05, 0.1) is 5.52 Å². The predicted molar refractivity (Wildman–Crippen MR) is 66.6 cm³/mol. The van der Waals surface area contributed by atoms with E-state index in [1.54, 1.807) is 0 Å². The Balaban J connectivity index is 3.17. The summed E-state index contributed by atoms with van der Waals surface area (Å²) in [5.41, 5.74) is 1.26. The molecule has 0 saturated carbocycles. The van der Waals surface area contributed by atoms with E-state index in [4.69, 9.17) is 0 Å². The summed E-state index contributed by atoms with van der Waals surface area (Å²) in [7, 11) is 2.76. The maximum absolute atomic E-state index is 2.76. The van der Waals surface area contributed by atoms with Crippen molar-refractivity contribution in [2.45, 2.75) is 13.8 Å². The molecule has 0 aliphatic rings. The van der Waals surface area contributed by atoms with Crippen molar-refractivity contribution in [2.75, 3.05) is 0 Å². The molecular weight excluding hydrogens is 189 g/mol. The maximum atomic E-state index is 2.76. The molecule has 2 heteroatoms. The first kappa shape index (κ1) is 9.48. The highest BCUT2D eigenvalue weighted by molar-refractivity contribution is 7.14. The number of hydrogen-bond acceptors (Lipinski definition) is 0. The van der Waals surface area contributed by atoms with Gasteiger partial charge in [0.15, 0.2) is 0 Å². The van der Waals surface area contributed by atoms with Crippen molar-refractivity contribution >= 4 is 32.4 Å². The molecule has 1 aromatic carbocycles. The number of benzene rings is 1. The van der Waals surface area contributed by atoms with Crippen LogP contribution in [-0.4, -0.2) is 4.34 Å². The van der Waals surface area contributed by atoms with Crippen LogP contribution in [-0.2, 0) is 0 Å². The molecule has 0 N–H and O–H groups in total. The molecule has 1 aromatic heterocycles. The molecule has 0 aliphatic heterocycles. The van der Waals surface area contributed by atoms with Crippen LogP contribution in [0.25, 0.3) is 23.1 Å². The van der Waals surface area contributed by atoms with Crippen LogP contribution in [0.5, 0.6) is 0 Å². The zero-order valence-corrected chi connectivity index (χ0v) is 9.64. The zero-order chi connectivity index (χ0) is 10.1. The number of hydrogen-bond donors (Lipinski definition) is 0. The van der Waals surface area contributed by atoms with Crippen LogP contribution < -0.4 is 10.6 Å². The normalized spacial score (nSPS) is 14.2. The van der Waals surface area contributed by atoms with Gasteiger partial charge in [-0.1, -0.05) is 30.4 Å². The van der Waals surface area contributed by atoms with Crippen molar-refractivity contribution in [3.63, 3.8) is 0 Å². The van der Waals surface area contributed by atoms with Crippen molar-refractivity contribution in [3.8, 4) is 0 Å². The third-order valence-electron chi connectivity index (χ3n) is 2.55. The lowest BCUT2D eigenvalue weighted by molar-refractivity contribution is 1.25. The second-order valence-electron chi connectivity index (χ2n) is 3.26. The van der Waals surface area contributed by atoms with Gasteiger partial charge in [-0.2, -0.15) is 0 Å². The minimum atomic E-state index is 1.26. The van der Waals surface area contributed by atoms with Crippen molar-refractivity contribution in [3.05, 3.63) is 34.8 Å². The van der Waals surface area contributed by atoms with E-state index in [2.05, 4.69) is 64.0 Å². The van der Waals surface area contributed by atoms with Gasteiger partial charge in [-0.25, -0.2) is 0 Å². The number of rotatable bonds is 0. The largest absolute Gasteiger partial charge is 0.325 e. The van der Waals surface area contributed by atoms with Crippen LogP contribution in [0.4, 0.5) is 0 Å². The molecule has 1 atom stereocenters. The Morgan fingerprint density at radius 3 is 2.50 bits per heavy atom. The Morgan fingerprint density at radius 2 is 1.86 bits per heavy atom. The maximum Gasteiger partial charge on any atom is 0.0520 e. The van der Waals surface area contributed by atoms with E-state index in [9.17, 15) is 0 Å². The average Bonchev–Trinajstić information content (AvgIpc) is 2.51. The Morgan fingerprint density at radius 1 is 1.14 bits per heavy atom. The van der Waals surface area contributed by atoms with Crippen molar-refractivity contribution in [1.29, 1.82) is 0 Å².